The Hall–Kier alpha value is -1.90. The maximum Gasteiger partial charge on any atom is 0.313 e. The number of carbonyl (C=O) groups excluding carboxylic acids is 2. The Morgan fingerprint density at radius 2 is 1.96 bits per heavy atom. The van der Waals surface area contributed by atoms with Gasteiger partial charge in [0, 0.05) is 5.41 Å². The van der Waals surface area contributed by atoms with Gasteiger partial charge in [-0.15, -0.1) is 0 Å². The second-order valence-electron chi connectivity index (χ2n) is 9.79. The maximum atomic E-state index is 12.1. The van der Waals surface area contributed by atoms with E-state index in [0.29, 0.717) is 11.8 Å². The molecule has 4 aliphatic carbocycles. The Balaban J connectivity index is 1.69. The molecule has 28 heavy (non-hydrogen) atoms. The third-order valence-corrected chi connectivity index (χ3v) is 7.88. The summed E-state index contributed by atoms with van der Waals surface area (Å²) in [7, 11) is 0. The van der Waals surface area contributed by atoms with E-state index in [1.165, 1.54) is 16.7 Å². The first kappa shape index (κ1) is 19.4. The first-order chi connectivity index (χ1) is 13.2. The van der Waals surface area contributed by atoms with Gasteiger partial charge in [-0.3, -0.25) is 9.59 Å². The van der Waals surface area contributed by atoms with Crippen LogP contribution in [0, 0.1) is 28.6 Å². The van der Waals surface area contributed by atoms with Crippen LogP contribution < -0.4 is 0 Å². The molecule has 2 saturated carbocycles. The molecule has 4 aliphatic rings. The highest BCUT2D eigenvalue weighted by molar-refractivity contribution is 6.01. The van der Waals surface area contributed by atoms with Crippen molar-refractivity contribution in [2.45, 2.75) is 66.7 Å². The van der Waals surface area contributed by atoms with Gasteiger partial charge in [0.25, 0.3) is 0 Å². The average molecular weight is 381 g/mol. The molecule has 0 spiro atoms. The number of rotatable bonds is 2. The number of allylic oxidation sites excluding steroid dienone is 8. The number of esters is 1. The molecule has 3 nitrogen and oxygen atoms in total. The molecule has 4 rings (SSSR count). The molecule has 0 heterocycles. The molecular formula is C25H32O3. The van der Waals surface area contributed by atoms with E-state index in [0.717, 1.165) is 37.9 Å². The molecule has 0 aromatic carbocycles. The zero-order valence-electron chi connectivity index (χ0n) is 17.8. The van der Waals surface area contributed by atoms with Crippen LogP contribution in [0.4, 0.5) is 0 Å². The van der Waals surface area contributed by atoms with Crippen molar-refractivity contribution in [2.75, 3.05) is 0 Å². The molecule has 2 fully saturated rings. The number of ether oxygens (including phenoxy) is 1. The fourth-order valence-electron chi connectivity index (χ4n) is 6.25. The maximum absolute atomic E-state index is 12.1. The molecule has 0 aromatic rings. The van der Waals surface area contributed by atoms with Crippen molar-refractivity contribution >= 4 is 11.8 Å². The molecule has 0 amide bonds. The van der Waals surface area contributed by atoms with E-state index in [-0.39, 0.29) is 28.5 Å². The van der Waals surface area contributed by atoms with Gasteiger partial charge in [-0.2, -0.15) is 0 Å². The summed E-state index contributed by atoms with van der Waals surface area (Å²) in [4.78, 5) is 24.0. The lowest BCUT2D eigenvalue weighted by Crippen LogP contribution is -2.42. The van der Waals surface area contributed by atoms with Crippen LogP contribution in [0.15, 0.2) is 46.8 Å². The van der Waals surface area contributed by atoms with Crippen LogP contribution in [0.25, 0.3) is 0 Å². The first-order valence-corrected chi connectivity index (χ1v) is 10.7. The Bertz CT molecular complexity index is 853. The highest BCUT2D eigenvalue weighted by atomic mass is 16.5. The zero-order valence-corrected chi connectivity index (χ0v) is 17.8. The quantitative estimate of drug-likeness (QED) is 0.351. The van der Waals surface area contributed by atoms with Gasteiger partial charge in [0.1, 0.15) is 5.76 Å². The molecule has 0 aliphatic heterocycles. The minimum absolute atomic E-state index is 0.0707. The third-order valence-electron chi connectivity index (χ3n) is 7.88. The number of carbonyl (C=O) groups is 2. The summed E-state index contributed by atoms with van der Waals surface area (Å²) < 4.78 is 5.73. The first-order valence-electron chi connectivity index (χ1n) is 10.7. The fraction of sp³-hybridized carbons (Fsp3) is 0.600. The van der Waals surface area contributed by atoms with Gasteiger partial charge >= 0.3 is 5.97 Å². The minimum Gasteiger partial charge on any atom is -0.431 e. The molecular weight excluding hydrogens is 348 g/mol. The normalized spacial score (nSPS) is 38.3. The molecule has 0 unspecified atom stereocenters. The fourth-order valence-corrected chi connectivity index (χ4v) is 6.25. The summed E-state index contributed by atoms with van der Waals surface area (Å²) in [6.07, 6.45) is 13.5. The summed E-state index contributed by atoms with van der Waals surface area (Å²) in [5.74, 6) is 1.83. The van der Waals surface area contributed by atoms with Crippen molar-refractivity contribution in [1.29, 1.82) is 0 Å². The third kappa shape index (κ3) is 2.77. The van der Waals surface area contributed by atoms with Crippen molar-refractivity contribution in [2.24, 2.45) is 28.6 Å². The lowest BCUT2D eigenvalue weighted by atomic mass is 9.53. The topological polar surface area (TPSA) is 43.4 Å². The largest absolute Gasteiger partial charge is 0.431 e. The summed E-state index contributed by atoms with van der Waals surface area (Å²) >= 11 is 0. The summed E-state index contributed by atoms with van der Waals surface area (Å²) in [5, 5.41) is 0. The van der Waals surface area contributed by atoms with E-state index in [4.69, 9.17) is 4.74 Å². The van der Waals surface area contributed by atoms with Crippen LogP contribution in [0.1, 0.15) is 66.7 Å². The predicted octanol–water partition coefficient (Wildman–Crippen LogP) is 5.69. The SMILES string of the molecule is CC(OC(=O)C(C)C)=C1CC[C@H]2[C@@H]3CCC4=CC(=O)C=C[C@]4(C)C3=CC[C@]12C. The van der Waals surface area contributed by atoms with Crippen LogP contribution in [-0.2, 0) is 14.3 Å². The molecule has 0 aromatic heterocycles. The number of hydrogen-bond acceptors (Lipinski definition) is 3. The molecule has 0 N–H and O–H groups in total. The Morgan fingerprint density at radius 1 is 1.21 bits per heavy atom. The second-order valence-corrected chi connectivity index (χ2v) is 9.79. The minimum atomic E-state index is -0.138. The summed E-state index contributed by atoms with van der Waals surface area (Å²) in [5.41, 5.74) is 4.10. The Morgan fingerprint density at radius 3 is 2.68 bits per heavy atom. The van der Waals surface area contributed by atoms with Crippen molar-refractivity contribution in [3.05, 3.63) is 46.8 Å². The Labute approximate surface area is 168 Å². The van der Waals surface area contributed by atoms with Gasteiger partial charge in [0.05, 0.1) is 5.92 Å². The predicted molar refractivity (Wildman–Crippen MR) is 110 cm³/mol. The monoisotopic (exact) mass is 380 g/mol. The van der Waals surface area contributed by atoms with E-state index in [2.05, 4.69) is 26.0 Å². The van der Waals surface area contributed by atoms with E-state index >= 15 is 0 Å². The smallest absolute Gasteiger partial charge is 0.313 e. The highest BCUT2D eigenvalue weighted by Gasteiger charge is 2.54. The molecule has 0 radical (unpaired) electrons. The lowest BCUT2D eigenvalue weighted by Gasteiger charge is -2.51. The molecule has 150 valence electrons. The Kier molecular flexibility index (Phi) is 4.56. The zero-order chi connectivity index (χ0) is 20.3. The summed E-state index contributed by atoms with van der Waals surface area (Å²) in [6, 6.07) is 0. The number of hydrogen-bond donors (Lipinski definition) is 0. The van der Waals surface area contributed by atoms with Crippen LogP contribution in [0.3, 0.4) is 0 Å². The van der Waals surface area contributed by atoms with Gasteiger partial charge in [-0.25, -0.2) is 0 Å². The van der Waals surface area contributed by atoms with Crippen LogP contribution in [0.5, 0.6) is 0 Å². The van der Waals surface area contributed by atoms with Crippen molar-refractivity contribution in [1.82, 2.24) is 0 Å². The molecule has 3 heteroatoms. The van der Waals surface area contributed by atoms with Gasteiger partial charge in [-0.1, -0.05) is 44.1 Å². The van der Waals surface area contributed by atoms with Crippen LogP contribution >= 0.6 is 0 Å². The van der Waals surface area contributed by atoms with Gasteiger partial charge in [0.15, 0.2) is 5.78 Å². The number of ketones is 1. The van der Waals surface area contributed by atoms with E-state index in [1.807, 2.05) is 26.8 Å². The van der Waals surface area contributed by atoms with Gasteiger partial charge in [0.2, 0.25) is 0 Å². The summed E-state index contributed by atoms with van der Waals surface area (Å²) in [6.45, 7) is 10.4. The average Bonchev–Trinajstić information content (AvgIpc) is 2.99. The molecule has 4 atom stereocenters. The van der Waals surface area contributed by atoms with Gasteiger partial charge in [-0.05, 0) is 80.9 Å². The second kappa shape index (κ2) is 6.57. The highest BCUT2D eigenvalue weighted by Crippen LogP contribution is 2.64. The lowest BCUT2D eigenvalue weighted by molar-refractivity contribution is -0.143. The molecule has 0 bridgehead atoms. The van der Waals surface area contributed by atoms with Crippen molar-refractivity contribution in [3.8, 4) is 0 Å². The van der Waals surface area contributed by atoms with Crippen LogP contribution in [-0.4, -0.2) is 11.8 Å². The van der Waals surface area contributed by atoms with E-state index < -0.39 is 0 Å². The number of fused-ring (bicyclic) bond motifs is 5. The van der Waals surface area contributed by atoms with Crippen molar-refractivity contribution in [3.63, 3.8) is 0 Å². The van der Waals surface area contributed by atoms with E-state index in [9.17, 15) is 9.59 Å². The van der Waals surface area contributed by atoms with E-state index in [1.54, 1.807) is 6.08 Å². The van der Waals surface area contributed by atoms with Gasteiger partial charge < -0.3 is 4.74 Å². The van der Waals surface area contributed by atoms with Crippen molar-refractivity contribution < 1.29 is 14.3 Å². The standard InChI is InChI=1S/C25H32O3/c1-15(2)23(27)28-16(3)20-8-9-21-19-7-6-17-14-18(26)10-12-24(17,4)22(19)11-13-25(20,21)5/h10-12,14-15,19,21H,6-9,13H2,1-5H3/t19-,21-,24-,25+/m0/s1. The van der Waals surface area contributed by atoms with Crippen LogP contribution in [0.2, 0.25) is 0 Å². The molecule has 0 saturated heterocycles.